The number of nitriles is 1. The summed E-state index contributed by atoms with van der Waals surface area (Å²) in [6.45, 7) is 6.82. The third-order valence-corrected chi connectivity index (χ3v) is 4.24. The zero-order chi connectivity index (χ0) is 17.6. The van der Waals surface area contributed by atoms with Crippen LogP contribution in [0.25, 0.3) is 0 Å². The van der Waals surface area contributed by atoms with E-state index in [4.69, 9.17) is 4.74 Å². The van der Waals surface area contributed by atoms with Crippen LogP contribution in [0.4, 0.5) is 0 Å². The molecule has 1 amide bonds. The lowest BCUT2D eigenvalue weighted by Gasteiger charge is -2.28. The van der Waals surface area contributed by atoms with Crippen LogP contribution in [0.3, 0.4) is 0 Å². The number of esters is 1. The van der Waals surface area contributed by atoms with Crippen LogP contribution in [-0.4, -0.2) is 23.5 Å². The van der Waals surface area contributed by atoms with E-state index in [1.165, 1.54) is 6.92 Å². The summed E-state index contributed by atoms with van der Waals surface area (Å²) >= 11 is 3.32. The monoisotopic (exact) mass is 380 g/mol. The minimum absolute atomic E-state index is 0.0675. The standard InChI is InChI=1S/C17H21BrN2O3/c1-11(2)17(4,10-19)20-16(22)12(3)23-15(21)9-13-5-7-14(18)8-6-13/h5-8,11-12H,9H2,1-4H3,(H,20,22). The molecule has 0 saturated heterocycles. The Bertz CT molecular complexity index is 607. The van der Waals surface area contributed by atoms with E-state index in [-0.39, 0.29) is 12.3 Å². The van der Waals surface area contributed by atoms with Gasteiger partial charge in [0.2, 0.25) is 0 Å². The fraction of sp³-hybridized carbons (Fsp3) is 0.471. The molecule has 1 N–H and O–H groups in total. The summed E-state index contributed by atoms with van der Waals surface area (Å²) in [4.78, 5) is 24.0. The van der Waals surface area contributed by atoms with Gasteiger partial charge in [-0.05, 0) is 37.5 Å². The molecule has 1 rings (SSSR count). The number of halogens is 1. The van der Waals surface area contributed by atoms with E-state index in [0.29, 0.717) is 0 Å². The number of hydrogen-bond donors (Lipinski definition) is 1. The summed E-state index contributed by atoms with van der Waals surface area (Å²) < 4.78 is 6.07. The Labute approximate surface area is 145 Å². The van der Waals surface area contributed by atoms with Gasteiger partial charge in [-0.2, -0.15) is 5.26 Å². The maximum atomic E-state index is 12.1. The first-order valence-electron chi connectivity index (χ1n) is 7.35. The lowest BCUT2D eigenvalue weighted by atomic mass is 9.90. The maximum absolute atomic E-state index is 12.1. The second-order valence-electron chi connectivity index (χ2n) is 5.89. The predicted molar refractivity (Wildman–Crippen MR) is 90.4 cm³/mol. The molecule has 1 aromatic rings. The molecule has 23 heavy (non-hydrogen) atoms. The molecule has 6 heteroatoms. The van der Waals surface area contributed by atoms with Crippen molar-refractivity contribution in [2.75, 3.05) is 0 Å². The molecule has 0 aliphatic carbocycles. The number of nitrogens with zero attached hydrogens (tertiary/aromatic N) is 1. The fourth-order valence-corrected chi connectivity index (χ4v) is 1.98. The van der Waals surface area contributed by atoms with Gasteiger partial charge in [0, 0.05) is 4.47 Å². The van der Waals surface area contributed by atoms with E-state index < -0.39 is 23.5 Å². The number of amides is 1. The first kappa shape index (κ1) is 19.2. The zero-order valence-corrected chi connectivity index (χ0v) is 15.3. The van der Waals surface area contributed by atoms with Gasteiger partial charge in [-0.3, -0.25) is 9.59 Å². The highest BCUT2D eigenvalue weighted by molar-refractivity contribution is 9.10. The van der Waals surface area contributed by atoms with Crippen molar-refractivity contribution in [3.8, 4) is 6.07 Å². The van der Waals surface area contributed by atoms with E-state index in [1.54, 1.807) is 6.92 Å². The van der Waals surface area contributed by atoms with Crippen LogP contribution in [-0.2, 0) is 20.7 Å². The van der Waals surface area contributed by atoms with Gasteiger partial charge >= 0.3 is 5.97 Å². The molecule has 0 fully saturated rings. The van der Waals surface area contributed by atoms with E-state index >= 15 is 0 Å². The maximum Gasteiger partial charge on any atom is 0.311 e. The van der Waals surface area contributed by atoms with Crippen LogP contribution >= 0.6 is 15.9 Å². The Kier molecular flexibility index (Phi) is 6.77. The average molecular weight is 381 g/mol. The third-order valence-electron chi connectivity index (χ3n) is 3.71. The van der Waals surface area contributed by atoms with Gasteiger partial charge in [0.1, 0.15) is 5.54 Å². The van der Waals surface area contributed by atoms with Gasteiger partial charge in [0.05, 0.1) is 12.5 Å². The smallest absolute Gasteiger partial charge is 0.311 e. The second kappa shape index (κ2) is 8.11. The number of ether oxygens (including phenoxy) is 1. The second-order valence-corrected chi connectivity index (χ2v) is 6.81. The van der Waals surface area contributed by atoms with Gasteiger partial charge in [-0.15, -0.1) is 0 Å². The van der Waals surface area contributed by atoms with Gasteiger partial charge in [-0.1, -0.05) is 41.9 Å². The van der Waals surface area contributed by atoms with Crippen LogP contribution in [0.15, 0.2) is 28.7 Å². The van der Waals surface area contributed by atoms with Crippen LogP contribution in [0.1, 0.15) is 33.3 Å². The van der Waals surface area contributed by atoms with Crippen molar-refractivity contribution in [3.63, 3.8) is 0 Å². The van der Waals surface area contributed by atoms with Crippen molar-refractivity contribution >= 4 is 27.8 Å². The topological polar surface area (TPSA) is 79.2 Å². The van der Waals surface area contributed by atoms with E-state index in [0.717, 1.165) is 10.0 Å². The number of benzene rings is 1. The lowest BCUT2D eigenvalue weighted by Crippen LogP contribution is -2.52. The SMILES string of the molecule is CC(OC(=O)Cc1ccc(Br)cc1)C(=O)NC(C)(C#N)C(C)C. The third kappa shape index (κ3) is 5.68. The van der Waals surface area contributed by atoms with Crippen molar-refractivity contribution in [1.82, 2.24) is 5.32 Å². The zero-order valence-electron chi connectivity index (χ0n) is 13.7. The van der Waals surface area contributed by atoms with Crippen molar-refractivity contribution in [2.24, 2.45) is 5.92 Å². The first-order chi connectivity index (χ1) is 10.7. The van der Waals surface area contributed by atoms with Gasteiger partial charge in [0.25, 0.3) is 5.91 Å². The Morgan fingerprint density at radius 1 is 1.30 bits per heavy atom. The predicted octanol–water partition coefficient (Wildman–Crippen LogP) is 2.98. The molecule has 2 atom stereocenters. The largest absolute Gasteiger partial charge is 0.452 e. The molecular formula is C17H21BrN2O3. The van der Waals surface area contributed by atoms with Crippen LogP contribution in [0.5, 0.6) is 0 Å². The molecule has 0 heterocycles. The molecule has 0 radical (unpaired) electrons. The summed E-state index contributed by atoms with van der Waals surface area (Å²) in [5.41, 5.74) is -0.196. The lowest BCUT2D eigenvalue weighted by molar-refractivity contribution is -0.154. The van der Waals surface area contributed by atoms with Gasteiger partial charge < -0.3 is 10.1 Å². The number of carbonyl (C=O) groups is 2. The van der Waals surface area contributed by atoms with Crippen molar-refractivity contribution < 1.29 is 14.3 Å². The van der Waals surface area contributed by atoms with Crippen LogP contribution < -0.4 is 5.32 Å². The minimum atomic E-state index is -0.997. The summed E-state index contributed by atoms with van der Waals surface area (Å²) in [5.74, 6) is -1.03. The molecule has 5 nitrogen and oxygen atoms in total. The summed E-state index contributed by atoms with van der Waals surface area (Å²) in [6, 6.07) is 9.37. The average Bonchev–Trinajstić information content (AvgIpc) is 2.49. The summed E-state index contributed by atoms with van der Waals surface area (Å²) in [7, 11) is 0. The highest BCUT2D eigenvalue weighted by Gasteiger charge is 2.32. The number of hydrogen-bond acceptors (Lipinski definition) is 4. The molecule has 1 aromatic carbocycles. The molecule has 0 saturated carbocycles. The molecule has 0 aliphatic heterocycles. The molecule has 0 aromatic heterocycles. The van der Waals surface area contributed by atoms with Crippen LogP contribution in [0, 0.1) is 17.2 Å². The fourth-order valence-electron chi connectivity index (χ4n) is 1.72. The summed E-state index contributed by atoms with van der Waals surface area (Å²) in [6.07, 6.45) is -0.866. The molecular weight excluding hydrogens is 360 g/mol. The van der Waals surface area contributed by atoms with Crippen LogP contribution in [0.2, 0.25) is 0 Å². The van der Waals surface area contributed by atoms with E-state index in [1.807, 2.05) is 38.1 Å². The molecule has 0 bridgehead atoms. The van der Waals surface area contributed by atoms with E-state index in [2.05, 4.69) is 27.3 Å². The van der Waals surface area contributed by atoms with Crippen molar-refractivity contribution in [3.05, 3.63) is 34.3 Å². The summed E-state index contributed by atoms with van der Waals surface area (Å²) in [5, 5.41) is 11.8. The highest BCUT2D eigenvalue weighted by Crippen LogP contribution is 2.16. The molecule has 0 spiro atoms. The number of rotatable bonds is 6. The van der Waals surface area contributed by atoms with Crippen molar-refractivity contribution in [1.29, 1.82) is 5.26 Å². The molecule has 124 valence electrons. The van der Waals surface area contributed by atoms with Crippen molar-refractivity contribution in [2.45, 2.75) is 45.8 Å². The number of carbonyl (C=O) groups excluding carboxylic acids is 2. The molecule has 2 unspecified atom stereocenters. The Morgan fingerprint density at radius 2 is 1.87 bits per heavy atom. The normalized spacial score (nSPS) is 14.5. The van der Waals surface area contributed by atoms with E-state index in [9.17, 15) is 14.9 Å². The number of nitrogens with one attached hydrogen (secondary N) is 1. The molecule has 0 aliphatic rings. The van der Waals surface area contributed by atoms with Gasteiger partial charge in [0.15, 0.2) is 6.10 Å². The first-order valence-corrected chi connectivity index (χ1v) is 8.14. The minimum Gasteiger partial charge on any atom is -0.452 e. The Hall–Kier alpha value is -1.87. The Balaban J connectivity index is 2.59. The highest BCUT2D eigenvalue weighted by atomic mass is 79.9. The van der Waals surface area contributed by atoms with Gasteiger partial charge in [-0.25, -0.2) is 0 Å². The Morgan fingerprint density at radius 3 is 2.35 bits per heavy atom. The quantitative estimate of drug-likeness (QED) is 0.769.